The van der Waals surface area contributed by atoms with Crippen molar-refractivity contribution in [2.75, 3.05) is 50.6 Å². The van der Waals surface area contributed by atoms with Gasteiger partial charge in [0.15, 0.2) is 5.13 Å². The van der Waals surface area contributed by atoms with Crippen LogP contribution in [0.1, 0.15) is 12.8 Å². The molecular weight excluding hydrogens is 376 g/mol. The fourth-order valence-corrected chi connectivity index (χ4v) is 4.14. The van der Waals surface area contributed by atoms with Crippen LogP contribution in [0.15, 0.2) is 30.5 Å². The molecule has 0 bridgehead atoms. The fraction of sp³-hybridized carbons (Fsp3) is 0.500. The third-order valence-corrected chi connectivity index (χ3v) is 6.23. The van der Waals surface area contributed by atoms with Crippen LogP contribution in [0.25, 0.3) is 0 Å². The van der Waals surface area contributed by atoms with E-state index in [9.17, 15) is 4.79 Å². The summed E-state index contributed by atoms with van der Waals surface area (Å²) in [5.74, 6) is 0.785. The van der Waals surface area contributed by atoms with E-state index in [1.165, 1.54) is 17.0 Å². The summed E-state index contributed by atoms with van der Waals surface area (Å²) in [5.41, 5.74) is 1.22. The van der Waals surface area contributed by atoms with Crippen molar-refractivity contribution in [2.24, 2.45) is 5.92 Å². The first-order valence-corrected chi connectivity index (χ1v) is 10.4. The number of piperazine rings is 1. The molecular formula is C20H26N4O3S. The van der Waals surface area contributed by atoms with Gasteiger partial charge in [0.05, 0.1) is 12.3 Å². The number of aromatic nitrogens is 1. The van der Waals surface area contributed by atoms with Gasteiger partial charge in [-0.25, -0.2) is 4.98 Å². The Bertz CT molecular complexity index is 796. The molecule has 1 amide bonds. The van der Waals surface area contributed by atoms with E-state index in [1.54, 1.807) is 13.3 Å². The number of likely N-dealkylation sites (N-methyl/N-ethyl adjacent to an activating group) is 1. The van der Waals surface area contributed by atoms with Crippen molar-refractivity contribution in [3.63, 3.8) is 0 Å². The molecule has 1 aliphatic carbocycles. The summed E-state index contributed by atoms with van der Waals surface area (Å²) in [4.78, 5) is 21.2. The molecule has 1 aromatic carbocycles. The average molecular weight is 403 g/mol. The van der Waals surface area contributed by atoms with Gasteiger partial charge < -0.3 is 24.6 Å². The number of amides is 1. The topological polar surface area (TPSA) is 66.9 Å². The Morgan fingerprint density at radius 2 is 1.89 bits per heavy atom. The number of carbonyl (C=O) groups is 1. The van der Waals surface area contributed by atoms with Crippen molar-refractivity contribution in [1.29, 1.82) is 0 Å². The number of anilines is 2. The number of nitrogens with one attached hydrogen (secondary N) is 1. The number of carbonyl (C=O) groups excluding carboxylic acids is 1. The van der Waals surface area contributed by atoms with Crippen LogP contribution in [0, 0.1) is 5.92 Å². The number of hydrogen-bond acceptors (Lipinski definition) is 7. The molecule has 8 heteroatoms. The molecule has 1 saturated heterocycles. The summed E-state index contributed by atoms with van der Waals surface area (Å²) in [5, 5.41) is 4.10. The lowest BCUT2D eigenvalue weighted by molar-refractivity contribution is -0.127. The summed E-state index contributed by atoms with van der Waals surface area (Å²) >= 11 is 1.33. The Kier molecular flexibility index (Phi) is 5.79. The molecule has 28 heavy (non-hydrogen) atoms. The highest BCUT2D eigenvalue weighted by molar-refractivity contribution is 7.17. The van der Waals surface area contributed by atoms with Gasteiger partial charge in [-0.05, 0) is 44.2 Å². The highest BCUT2D eigenvalue weighted by atomic mass is 32.1. The van der Waals surface area contributed by atoms with Crippen LogP contribution < -0.4 is 15.0 Å². The molecule has 7 nitrogen and oxygen atoms in total. The van der Waals surface area contributed by atoms with E-state index >= 15 is 0 Å². The molecule has 1 aromatic heterocycles. The smallest absolute Gasteiger partial charge is 0.229 e. The van der Waals surface area contributed by atoms with Gasteiger partial charge in [0.2, 0.25) is 11.0 Å². The first-order valence-electron chi connectivity index (χ1n) is 9.61. The van der Waals surface area contributed by atoms with Crippen LogP contribution in [0.3, 0.4) is 0 Å². The lowest BCUT2D eigenvalue weighted by Crippen LogP contribution is -2.44. The maximum absolute atomic E-state index is 12.2. The van der Waals surface area contributed by atoms with Crippen molar-refractivity contribution in [3.05, 3.63) is 30.5 Å². The molecule has 0 unspecified atom stereocenters. The summed E-state index contributed by atoms with van der Waals surface area (Å²) in [6.07, 6.45) is 3.40. The predicted molar refractivity (Wildman–Crippen MR) is 110 cm³/mol. The molecule has 0 spiro atoms. The van der Waals surface area contributed by atoms with Crippen molar-refractivity contribution in [2.45, 2.75) is 18.9 Å². The fourth-order valence-electron chi connectivity index (χ4n) is 3.45. The Hall–Kier alpha value is -2.16. The Labute approximate surface area is 169 Å². The lowest BCUT2D eigenvalue weighted by Gasteiger charge is -2.34. The molecule has 2 heterocycles. The van der Waals surface area contributed by atoms with Gasteiger partial charge in [0, 0.05) is 44.9 Å². The third kappa shape index (κ3) is 4.45. The van der Waals surface area contributed by atoms with Crippen LogP contribution in [0.2, 0.25) is 0 Å². The quantitative estimate of drug-likeness (QED) is 0.801. The molecule has 2 aromatic rings. The second kappa shape index (κ2) is 8.46. The molecule has 1 aliphatic heterocycles. The minimum absolute atomic E-state index is 0.00530. The van der Waals surface area contributed by atoms with Gasteiger partial charge in [0.25, 0.3) is 0 Å². The number of hydrogen-bond donors (Lipinski definition) is 1. The molecule has 0 radical (unpaired) electrons. The van der Waals surface area contributed by atoms with E-state index in [0.29, 0.717) is 10.2 Å². The molecule has 2 fully saturated rings. The maximum Gasteiger partial charge on any atom is 0.229 e. The number of methoxy groups -OCH3 is 1. The Morgan fingerprint density at radius 3 is 2.57 bits per heavy atom. The zero-order valence-corrected chi connectivity index (χ0v) is 17.1. The normalized spacial score (nSPS) is 22.6. The van der Waals surface area contributed by atoms with Crippen LogP contribution in [-0.4, -0.2) is 62.2 Å². The van der Waals surface area contributed by atoms with E-state index in [0.717, 1.165) is 44.8 Å². The van der Waals surface area contributed by atoms with Gasteiger partial charge in [-0.15, -0.1) is 0 Å². The Balaban J connectivity index is 1.29. The highest BCUT2D eigenvalue weighted by Crippen LogP contribution is 2.34. The SMILES string of the molecule is COC1CC(C(=O)Nc2ncc(Oc3ccc(N4CCN(C)CC4)cc3)s2)C1. The van der Waals surface area contributed by atoms with Crippen LogP contribution in [0.4, 0.5) is 10.8 Å². The molecule has 1 N–H and O–H groups in total. The van der Waals surface area contributed by atoms with Crippen molar-refractivity contribution in [1.82, 2.24) is 9.88 Å². The first kappa shape index (κ1) is 19.2. The van der Waals surface area contributed by atoms with Gasteiger partial charge in [0.1, 0.15) is 5.75 Å². The van der Waals surface area contributed by atoms with Gasteiger partial charge in [-0.1, -0.05) is 11.3 Å². The number of thiazole rings is 1. The minimum Gasteiger partial charge on any atom is -0.445 e. The first-order chi connectivity index (χ1) is 13.6. The van der Waals surface area contributed by atoms with Crippen LogP contribution in [-0.2, 0) is 9.53 Å². The number of rotatable bonds is 6. The highest BCUT2D eigenvalue weighted by Gasteiger charge is 2.34. The number of benzene rings is 1. The summed E-state index contributed by atoms with van der Waals surface area (Å²) in [6, 6.07) is 8.14. The van der Waals surface area contributed by atoms with E-state index in [-0.39, 0.29) is 17.9 Å². The van der Waals surface area contributed by atoms with E-state index in [4.69, 9.17) is 9.47 Å². The maximum atomic E-state index is 12.2. The predicted octanol–water partition coefficient (Wildman–Crippen LogP) is 3.05. The molecule has 0 atom stereocenters. The van der Waals surface area contributed by atoms with Crippen LogP contribution in [0.5, 0.6) is 10.8 Å². The van der Waals surface area contributed by atoms with Crippen LogP contribution >= 0.6 is 11.3 Å². The van der Waals surface area contributed by atoms with Crippen molar-refractivity contribution in [3.8, 4) is 10.8 Å². The summed E-state index contributed by atoms with van der Waals surface area (Å²) < 4.78 is 11.1. The zero-order chi connectivity index (χ0) is 19.5. The van der Waals surface area contributed by atoms with Gasteiger partial charge in [-0.2, -0.15) is 0 Å². The molecule has 1 saturated carbocycles. The second-order valence-electron chi connectivity index (χ2n) is 7.39. The zero-order valence-electron chi connectivity index (χ0n) is 16.3. The second-order valence-corrected chi connectivity index (χ2v) is 8.38. The minimum atomic E-state index is 0.00530. The summed E-state index contributed by atoms with van der Waals surface area (Å²) in [7, 11) is 3.84. The standard InChI is InChI=1S/C20H26N4O3S/c1-23-7-9-24(10-8-23)15-3-5-16(6-4-15)27-18-13-21-20(28-18)22-19(25)14-11-17(12-14)26-2/h3-6,13-14,17H,7-12H2,1-2H3,(H,21,22,25). The third-order valence-electron chi connectivity index (χ3n) is 5.44. The summed E-state index contributed by atoms with van der Waals surface area (Å²) in [6.45, 7) is 4.25. The van der Waals surface area contributed by atoms with Crippen molar-refractivity contribution >= 4 is 28.1 Å². The number of ether oxygens (including phenoxy) is 2. The average Bonchev–Trinajstić information content (AvgIpc) is 3.09. The van der Waals surface area contributed by atoms with Gasteiger partial charge in [-0.3, -0.25) is 4.79 Å². The number of nitrogens with zero attached hydrogens (tertiary/aromatic N) is 3. The lowest BCUT2D eigenvalue weighted by atomic mass is 9.82. The monoisotopic (exact) mass is 402 g/mol. The van der Waals surface area contributed by atoms with E-state index in [2.05, 4.69) is 39.3 Å². The van der Waals surface area contributed by atoms with Crippen molar-refractivity contribution < 1.29 is 14.3 Å². The largest absolute Gasteiger partial charge is 0.445 e. The molecule has 2 aliphatic rings. The van der Waals surface area contributed by atoms with Gasteiger partial charge >= 0.3 is 0 Å². The molecule has 150 valence electrons. The Morgan fingerprint density at radius 1 is 1.18 bits per heavy atom. The van der Waals surface area contributed by atoms with E-state index < -0.39 is 0 Å². The van der Waals surface area contributed by atoms with E-state index in [1.807, 2.05) is 12.1 Å². The molecule has 4 rings (SSSR count).